The van der Waals surface area contributed by atoms with Gasteiger partial charge in [-0.25, -0.2) is 4.99 Å². The predicted molar refractivity (Wildman–Crippen MR) is 108 cm³/mol. The van der Waals surface area contributed by atoms with Gasteiger partial charge in [0.25, 0.3) is 5.91 Å². The van der Waals surface area contributed by atoms with E-state index in [0.29, 0.717) is 22.5 Å². The van der Waals surface area contributed by atoms with Gasteiger partial charge in [-0.3, -0.25) is 9.59 Å². The molecule has 5 nitrogen and oxygen atoms in total. The third-order valence-electron chi connectivity index (χ3n) is 5.69. The molecule has 0 aromatic heterocycles. The van der Waals surface area contributed by atoms with Crippen molar-refractivity contribution in [2.75, 3.05) is 20.1 Å². The normalized spacial score (nSPS) is 18.6. The third kappa shape index (κ3) is 3.68. The number of nitrogens with zero attached hydrogens (tertiary/aromatic N) is 2. The summed E-state index contributed by atoms with van der Waals surface area (Å²) in [5, 5.41) is 5.14. The van der Waals surface area contributed by atoms with Gasteiger partial charge < -0.3 is 10.2 Å². The highest BCUT2D eigenvalue weighted by Gasteiger charge is 2.30. The number of ketones is 1. The van der Waals surface area contributed by atoms with Crippen LogP contribution in [0, 0.1) is 0 Å². The minimum Gasteiger partial charge on any atom is -0.306 e. The second kappa shape index (κ2) is 7.78. The van der Waals surface area contributed by atoms with E-state index in [2.05, 4.69) is 22.3 Å². The van der Waals surface area contributed by atoms with Crippen molar-refractivity contribution in [2.45, 2.75) is 31.8 Å². The van der Waals surface area contributed by atoms with Crippen LogP contribution in [0.3, 0.4) is 0 Å². The molecule has 0 aliphatic carbocycles. The molecule has 5 heteroatoms. The highest BCUT2D eigenvalue weighted by Crippen LogP contribution is 2.26. The number of rotatable bonds is 5. The third-order valence-corrected chi connectivity index (χ3v) is 5.69. The molecule has 2 aliphatic heterocycles. The number of carbonyl (C=O) groups is 2. The van der Waals surface area contributed by atoms with E-state index < -0.39 is 0 Å². The molecule has 2 heterocycles. The Labute approximate surface area is 164 Å². The molecular formula is C23H25N3O2. The quantitative estimate of drug-likeness (QED) is 0.807. The van der Waals surface area contributed by atoms with Crippen molar-refractivity contribution in [1.29, 1.82) is 0 Å². The number of piperidine rings is 1. The van der Waals surface area contributed by atoms with Crippen molar-refractivity contribution in [3.05, 3.63) is 70.2 Å². The molecule has 1 N–H and O–H groups in total. The zero-order chi connectivity index (χ0) is 19.7. The summed E-state index contributed by atoms with van der Waals surface area (Å²) in [5.74, 6) is -0.231. The summed E-state index contributed by atoms with van der Waals surface area (Å²) in [6.45, 7) is 3.62. The van der Waals surface area contributed by atoms with Crippen LogP contribution in [0.4, 0.5) is 0 Å². The lowest BCUT2D eigenvalue weighted by Crippen LogP contribution is -2.43. The topological polar surface area (TPSA) is 61.8 Å². The second-order valence-electron chi connectivity index (χ2n) is 7.71. The number of benzene rings is 2. The summed E-state index contributed by atoms with van der Waals surface area (Å²) in [6, 6.07) is 15.5. The lowest BCUT2D eigenvalue weighted by molar-refractivity contribution is -0.113. The summed E-state index contributed by atoms with van der Waals surface area (Å²) in [5.41, 5.74) is 2.29. The van der Waals surface area contributed by atoms with Gasteiger partial charge >= 0.3 is 0 Å². The number of Topliss-reactive ketones (excluding diaryl/α,β-unsaturated/α-hetero) is 1. The summed E-state index contributed by atoms with van der Waals surface area (Å²) in [7, 11) is 2.14. The van der Waals surface area contributed by atoms with Crippen LogP contribution in [-0.2, 0) is 4.79 Å². The largest absolute Gasteiger partial charge is 0.306 e. The first-order chi connectivity index (χ1) is 13.5. The molecule has 1 amide bonds. The number of hydrogen-bond donors (Lipinski definition) is 1. The van der Waals surface area contributed by atoms with E-state index in [1.807, 2.05) is 36.4 Å². The molecule has 0 radical (unpaired) electrons. The molecule has 1 atom stereocenters. The second-order valence-corrected chi connectivity index (χ2v) is 7.71. The van der Waals surface area contributed by atoms with Crippen molar-refractivity contribution in [3.63, 3.8) is 0 Å². The smallest absolute Gasteiger partial charge is 0.276 e. The molecule has 0 spiro atoms. The van der Waals surface area contributed by atoms with Crippen LogP contribution >= 0.6 is 0 Å². The first-order valence-electron chi connectivity index (χ1n) is 9.81. The fourth-order valence-corrected chi connectivity index (χ4v) is 4.03. The highest BCUT2D eigenvalue weighted by molar-refractivity contribution is 6.17. The van der Waals surface area contributed by atoms with Crippen molar-refractivity contribution >= 4 is 17.3 Å². The Kier molecular flexibility index (Phi) is 5.20. The van der Waals surface area contributed by atoms with Gasteiger partial charge in [0.1, 0.15) is 0 Å². The van der Waals surface area contributed by atoms with Crippen molar-refractivity contribution in [1.82, 2.24) is 10.2 Å². The Morgan fingerprint density at radius 1 is 1.14 bits per heavy atom. The summed E-state index contributed by atoms with van der Waals surface area (Å²) < 4.78 is 0. The minimum absolute atomic E-state index is 0.0129. The monoisotopic (exact) mass is 375 g/mol. The lowest BCUT2D eigenvalue weighted by atomic mass is 9.93. The van der Waals surface area contributed by atoms with Gasteiger partial charge in [-0.2, -0.15) is 0 Å². The first-order valence-corrected chi connectivity index (χ1v) is 9.81. The Balaban J connectivity index is 1.80. The van der Waals surface area contributed by atoms with E-state index in [-0.39, 0.29) is 17.7 Å². The van der Waals surface area contributed by atoms with Crippen LogP contribution in [-0.4, -0.2) is 42.8 Å². The standard InChI is InChI=1S/C23H25N3O2/c1-15(27)17-8-9-20-19(14-17)21(23(28)25-20)22(16-6-4-3-5-7-16)24-18-10-12-26(2)13-11-18/h3-9,14,18,22,24H,10-13H2,1-2H3. The molecule has 1 unspecified atom stereocenters. The fourth-order valence-electron chi connectivity index (χ4n) is 4.03. The van der Waals surface area contributed by atoms with Gasteiger partial charge in [-0.15, -0.1) is 0 Å². The highest BCUT2D eigenvalue weighted by atomic mass is 16.1. The number of carbonyl (C=O) groups excluding carboxylic acids is 2. The van der Waals surface area contributed by atoms with E-state index in [1.54, 1.807) is 19.1 Å². The van der Waals surface area contributed by atoms with Gasteiger partial charge in [0.2, 0.25) is 0 Å². The molecule has 1 saturated heterocycles. The Hall–Kier alpha value is -2.63. The van der Waals surface area contributed by atoms with E-state index in [0.717, 1.165) is 36.7 Å². The Morgan fingerprint density at radius 3 is 2.54 bits per heavy atom. The number of hydrogen-bond acceptors (Lipinski definition) is 4. The number of nitrogens with one attached hydrogen (secondary N) is 1. The van der Waals surface area contributed by atoms with Crippen molar-refractivity contribution in [3.8, 4) is 0 Å². The average molecular weight is 375 g/mol. The minimum atomic E-state index is -0.241. The SMILES string of the molecule is CC(=O)c1ccc2c(c1)=C(C(NC1CCN(C)CC1)c1ccccc1)C(=O)N=2. The molecule has 0 saturated carbocycles. The van der Waals surface area contributed by atoms with E-state index in [1.165, 1.54) is 0 Å². The molecule has 2 aromatic rings. The van der Waals surface area contributed by atoms with Crippen molar-refractivity contribution < 1.29 is 9.59 Å². The summed E-state index contributed by atoms with van der Waals surface area (Å²) >= 11 is 0. The van der Waals surface area contributed by atoms with E-state index in [9.17, 15) is 9.59 Å². The predicted octanol–water partition coefficient (Wildman–Crippen LogP) is 1.62. The molecule has 1 fully saturated rings. The van der Waals surface area contributed by atoms with Gasteiger partial charge in [0.15, 0.2) is 5.78 Å². The van der Waals surface area contributed by atoms with Crippen LogP contribution in [0.25, 0.3) is 5.57 Å². The first kappa shape index (κ1) is 18.7. The molecule has 0 bridgehead atoms. The zero-order valence-electron chi connectivity index (χ0n) is 16.3. The fraction of sp³-hybridized carbons (Fsp3) is 0.348. The van der Waals surface area contributed by atoms with E-state index in [4.69, 9.17) is 0 Å². The van der Waals surface area contributed by atoms with E-state index >= 15 is 0 Å². The maximum absolute atomic E-state index is 12.9. The maximum Gasteiger partial charge on any atom is 0.276 e. The van der Waals surface area contributed by atoms with Crippen LogP contribution in [0.15, 0.2) is 53.5 Å². The number of likely N-dealkylation sites (tertiary alicyclic amines) is 1. The maximum atomic E-state index is 12.9. The number of amides is 1. The van der Waals surface area contributed by atoms with Gasteiger partial charge in [-0.05, 0) is 63.7 Å². The molecule has 28 heavy (non-hydrogen) atoms. The molecule has 144 valence electrons. The Bertz CT molecular complexity index is 1020. The van der Waals surface area contributed by atoms with Gasteiger partial charge in [0, 0.05) is 16.8 Å². The van der Waals surface area contributed by atoms with Crippen LogP contribution < -0.4 is 15.9 Å². The molecule has 2 aromatic carbocycles. The Morgan fingerprint density at radius 2 is 1.86 bits per heavy atom. The van der Waals surface area contributed by atoms with Crippen LogP contribution in [0.5, 0.6) is 0 Å². The molecule has 2 aliphatic rings. The zero-order valence-corrected chi connectivity index (χ0v) is 16.3. The van der Waals surface area contributed by atoms with Gasteiger partial charge in [0.05, 0.1) is 17.0 Å². The average Bonchev–Trinajstić information content (AvgIpc) is 3.03. The summed E-state index contributed by atoms with van der Waals surface area (Å²) in [4.78, 5) is 31.3. The lowest BCUT2D eigenvalue weighted by Gasteiger charge is -2.33. The van der Waals surface area contributed by atoms with Crippen molar-refractivity contribution in [2.24, 2.45) is 4.99 Å². The van der Waals surface area contributed by atoms with Gasteiger partial charge in [-0.1, -0.05) is 30.3 Å². The van der Waals surface area contributed by atoms with Crippen LogP contribution in [0.1, 0.15) is 41.7 Å². The van der Waals surface area contributed by atoms with Crippen LogP contribution in [0.2, 0.25) is 0 Å². The summed E-state index contributed by atoms with van der Waals surface area (Å²) in [6.07, 6.45) is 2.08. The molecule has 4 rings (SSSR count). The molecular weight excluding hydrogens is 350 g/mol. The number of fused-ring (bicyclic) bond motifs is 1.